The molecule has 1 aliphatic heterocycles. The van der Waals surface area contributed by atoms with Crippen LogP contribution in [-0.4, -0.2) is 48.4 Å². The van der Waals surface area contributed by atoms with Crippen molar-refractivity contribution in [1.29, 1.82) is 0 Å². The molecule has 1 unspecified atom stereocenters. The second-order valence-electron chi connectivity index (χ2n) is 9.15. The molecule has 1 fully saturated rings. The zero-order valence-electron chi connectivity index (χ0n) is 18.0. The lowest BCUT2D eigenvalue weighted by Crippen LogP contribution is -2.48. The minimum absolute atomic E-state index is 0.148. The number of likely N-dealkylation sites (tertiary alicyclic amines) is 1. The topological polar surface area (TPSA) is 23.6 Å². The maximum absolute atomic E-state index is 13.7. The van der Waals surface area contributed by atoms with Crippen LogP contribution in [0.4, 0.5) is 0 Å². The molecule has 0 aliphatic carbocycles. The summed E-state index contributed by atoms with van der Waals surface area (Å²) in [6.07, 6.45) is 1.98. The van der Waals surface area contributed by atoms with Gasteiger partial charge in [-0.25, -0.2) is 0 Å². The number of amides is 1. The summed E-state index contributed by atoms with van der Waals surface area (Å²) in [4.78, 5) is 18.0. The summed E-state index contributed by atoms with van der Waals surface area (Å²) in [5, 5.41) is 0. The fourth-order valence-electron chi connectivity index (χ4n) is 5.00. The Morgan fingerprint density at radius 1 is 1.04 bits per heavy atom. The van der Waals surface area contributed by atoms with E-state index < -0.39 is 5.41 Å². The highest BCUT2D eigenvalue weighted by molar-refractivity contribution is 5.91. The average Bonchev–Trinajstić information content (AvgIpc) is 2.95. The monoisotopic (exact) mass is 378 g/mol. The van der Waals surface area contributed by atoms with Gasteiger partial charge < -0.3 is 4.90 Å². The SMILES string of the molecule is CC1CN(CCC(C(=O)N(C)C)(c2ccccc2)c2ccccc2)C(C)(C)C1. The van der Waals surface area contributed by atoms with E-state index in [1.807, 2.05) is 50.5 Å². The molecule has 1 aliphatic rings. The molecule has 3 rings (SSSR count). The number of carbonyl (C=O) groups excluding carboxylic acids is 1. The Morgan fingerprint density at radius 3 is 1.93 bits per heavy atom. The molecule has 0 aromatic heterocycles. The summed E-state index contributed by atoms with van der Waals surface area (Å²) < 4.78 is 0. The van der Waals surface area contributed by atoms with Gasteiger partial charge in [0.1, 0.15) is 5.41 Å². The van der Waals surface area contributed by atoms with Crippen molar-refractivity contribution >= 4 is 5.91 Å². The van der Waals surface area contributed by atoms with Crippen molar-refractivity contribution < 1.29 is 4.79 Å². The Hall–Kier alpha value is -2.13. The molecule has 1 saturated heterocycles. The fourth-order valence-corrected chi connectivity index (χ4v) is 5.00. The molecule has 2 aromatic carbocycles. The van der Waals surface area contributed by atoms with Crippen molar-refractivity contribution in [2.45, 2.75) is 44.6 Å². The highest BCUT2D eigenvalue weighted by atomic mass is 16.2. The Bertz CT molecular complexity index is 743. The highest BCUT2D eigenvalue weighted by Crippen LogP contribution is 2.40. The number of hydrogen-bond donors (Lipinski definition) is 0. The second-order valence-corrected chi connectivity index (χ2v) is 9.15. The smallest absolute Gasteiger partial charge is 0.237 e. The quantitative estimate of drug-likeness (QED) is 0.735. The molecule has 1 heterocycles. The van der Waals surface area contributed by atoms with Crippen LogP contribution in [0, 0.1) is 5.92 Å². The van der Waals surface area contributed by atoms with Crippen LogP contribution < -0.4 is 0 Å². The van der Waals surface area contributed by atoms with Crippen LogP contribution in [0.15, 0.2) is 60.7 Å². The van der Waals surface area contributed by atoms with Gasteiger partial charge in [-0.15, -0.1) is 0 Å². The Kier molecular flexibility index (Phi) is 5.95. The van der Waals surface area contributed by atoms with E-state index in [1.165, 1.54) is 6.42 Å². The largest absolute Gasteiger partial charge is 0.348 e. The number of rotatable bonds is 6. The van der Waals surface area contributed by atoms with Crippen LogP contribution >= 0.6 is 0 Å². The molecule has 1 atom stereocenters. The van der Waals surface area contributed by atoms with E-state index in [2.05, 4.69) is 49.9 Å². The van der Waals surface area contributed by atoms with Crippen molar-refractivity contribution in [1.82, 2.24) is 9.80 Å². The van der Waals surface area contributed by atoms with E-state index in [0.717, 1.165) is 30.6 Å². The van der Waals surface area contributed by atoms with E-state index in [-0.39, 0.29) is 11.4 Å². The first-order chi connectivity index (χ1) is 13.3. The van der Waals surface area contributed by atoms with Gasteiger partial charge in [0.15, 0.2) is 0 Å². The molecule has 3 heteroatoms. The number of nitrogens with zero attached hydrogens (tertiary/aromatic N) is 2. The van der Waals surface area contributed by atoms with Crippen LogP contribution in [0.2, 0.25) is 0 Å². The van der Waals surface area contributed by atoms with E-state index in [1.54, 1.807) is 4.90 Å². The van der Waals surface area contributed by atoms with E-state index >= 15 is 0 Å². The Balaban J connectivity index is 2.06. The van der Waals surface area contributed by atoms with Gasteiger partial charge >= 0.3 is 0 Å². The van der Waals surface area contributed by atoms with Gasteiger partial charge in [0.25, 0.3) is 0 Å². The van der Waals surface area contributed by atoms with Crippen molar-refractivity contribution in [3.05, 3.63) is 71.8 Å². The molecular weight excluding hydrogens is 344 g/mol. The Morgan fingerprint density at radius 2 is 1.54 bits per heavy atom. The third kappa shape index (κ3) is 3.86. The molecule has 0 bridgehead atoms. The summed E-state index contributed by atoms with van der Waals surface area (Å²) in [6, 6.07) is 20.6. The van der Waals surface area contributed by atoms with Gasteiger partial charge in [0.05, 0.1) is 0 Å². The minimum Gasteiger partial charge on any atom is -0.348 e. The Labute approximate surface area is 170 Å². The minimum atomic E-state index is -0.673. The third-order valence-corrected chi connectivity index (χ3v) is 6.30. The third-order valence-electron chi connectivity index (χ3n) is 6.30. The zero-order chi connectivity index (χ0) is 20.4. The van der Waals surface area contributed by atoms with Crippen molar-refractivity contribution in [3.63, 3.8) is 0 Å². The molecule has 0 radical (unpaired) electrons. The molecular formula is C25H34N2O. The van der Waals surface area contributed by atoms with Crippen LogP contribution in [0.1, 0.15) is 44.7 Å². The summed E-state index contributed by atoms with van der Waals surface area (Å²) >= 11 is 0. The molecule has 0 N–H and O–H groups in total. The summed E-state index contributed by atoms with van der Waals surface area (Å²) in [5.41, 5.74) is 1.66. The van der Waals surface area contributed by atoms with Crippen LogP contribution in [0.3, 0.4) is 0 Å². The molecule has 0 saturated carbocycles. The lowest BCUT2D eigenvalue weighted by molar-refractivity contribution is -0.133. The first-order valence-corrected chi connectivity index (χ1v) is 10.4. The van der Waals surface area contributed by atoms with Crippen molar-refractivity contribution in [3.8, 4) is 0 Å². The molecule has 1 amide bonds. The first-order valence-electron chi connectivity index (χ1n) is 10.4. The summed E-state index contributed by atoms with van der Waals surface area (Å²) in [6.45, 7) is 8.99. The highest BCUT2D eigenvalue weighted by Gasteiger charge is 2.45. The predicted octanol–water partition coefficient (Wildman–Crippen LogP) is 4.57. The van der Waals surface area contributed by atoms with Crippen LogP contribution in [-0.2, 0) is 10.2 Å². The molecule has 28 heavy (non-hydrogen) atoms. The number of hydrogen-bond acceptors (Lipinski definition) is 2. The van der Waals surface area contributed by atoms with Crippen LogP contribution in [0.5, 0.6) is 0 Å². The zero-order valence-corrected chi connectivity index (χ0v) is 18.0. The lowest BCUT2D eigenvalue weighted by Gasteiger charge is -2.39. The molecule has 2 aromatic rings. The van der Waals surface area contributed by atoms with Gasteiger partial charge in [-0.1, -0.05) is 67.6 Å². The standard InChI is InChI=1S/C25H34N2O/c1-20-18-24(2,3)27(19-20)17-16-25(23(28)26(4)5,21-12-8-6-9-13-21)22-14-10-7-11-15-22/h6-15,20H,16-19H2,1-5H3. The molecule has 150 valence electrons. The van der Waals surface area contributed by atoms with Crippen molar-refractivity contribution in [2.75, 3.05) is 27.2 Å². The summed E-state index contributed by atoms with van der Waals surface area (Å²) in [7, 11) is 3.73. The van der Waals surface area contributed by atoms with Crippen LogP contribution in [0.25, 0.3) is 0 Å². The second kappa shape index (κ2) is 8.08. The fraction of sp³-hybridized carbons (Fsp3) is 0.480. The molecule has 3 nitrogen and oxygen atoms in total. The lowest BCUT2D eigenvalue weighted by atomic mass is 9.70. The maximum atomic E-state index is 13.7. The van der Waals surface area contributed by atoms with Gasteiger partial charge in [-0.2, -0.15) is 0 Å². The van der Waals surface area contributed by atoms with Gasteiger partial charge in [0.2, 0.25) is 5.91 Å². The van der Waals surface area contributed by atoms with E-state index in [4.69, 9.17) is 0 Å². The van der Waals surface area contributed by atoms with Gasteiger partial charge in [0, 0.05) is 32.7 Å². The first kappa shape index (κ1) is 20.6. The number of benzene rings is 2. The van der Waals surface area contributed by atoms with Crippen molar-refractivity contribution in [2.24, 2.45) is 5.92 Å². The van der Waals surface area contributed by atoms with Gasteiger partial charge in [-0.3, -0.25) is 9.69 Å². The van der Waals surface area contributed by atoms with E-state index in [9.17, 15) is 4.79 Å². The average molecular weight is 379 g/mol. The van der Waals surface area contributed by atoms with E-state index in [0.29, 0.717) is 5.92 Å². The predicted molar refractivity (Wildman–Crippen MR) is 116 cm³/mol. The maximum Gasteiger partial charge on any atom is 0.237 e. The summed E-state index contributed by atoms with van der Waals surface area (Å²) in [5.74, 6) is 0.845. The van der Waals surface area contributed by atoms with Gasteiger partial charge in [-0.05, 0) is 43.7 Å². The number of carbonyl (C=O) groups is 1. The molecule has 0 spiro atoms. The number of likely N-dealkylation sites (N-methyl/N-ethyl adjacent to an activating group) is 1. The normalized spacial score (nSPS) is 19.5.